The van der Waals surface area contributed by atoms with Gasteiger partial charge in [0.25, 0.3) is 0 Å². The fourth-order valence-corrected chi connectivity index (χ4v) is 2.82. The van der Waals surface area contributed by atoms with E-state index in [2.05, 4.69) is 44.8 Å². The molecule has 0 spiro atoms. The van der Waals surface area contributed by atoms with Crippen molar-refractivity contribution in [3.63, 3.8) is 0 Å². The fourth-order valence-electron chi connectivity index (χ4n) is 1.28. The minimum Gasteiger partial charge on any atom is -0.302 e. The first-order valence-corrected chi connectivity index (χ1v) is 5.53. The number of thioether (sulfide) groups is 1. The minimum absolute atomic E-state index is 0.699. The fraction of sp³-hybridized carbons (Fsp3) is 1.00. The van der Waals surface area contributed by atoms with Crippen LogP contribution in [-0.4, -0.2) is 17.2 Å². The molecule has 1 saturated heterocycles. The highest BCUT2D eigenvalue weighted by Gasteiger charge is 2.27. The van der Waals surface area contributed by atoms with Gasteiger partial charge in [0.1, 0.15) is 0 Å². The summed E-state index contributed by atoms with van der Waals surface area (Å²) >= 11 is 2.08. The van der Waals surface area contributed by atoms with Gasteiger partial charge in [-0.3, -0.25) is 0 Å². The molecule has 3 unspecified atom stereocenters. The van der Waals surface area contributed by atoms with Crippen molar-refractivity contribution in [2.45, 2.75) is 39.1 Å². The molecule has 0 saturated carbocycles. The zero-order chi connectivity index (χ0) is 8.43. The Balaban J connectivity index is 2.36. The van der Waals surface area contributed by atoms with Crippen LogP contribution in [0.25, 0.3) is 0 Å². The quantitative estimate of drug-likeness (QED) is 0.688. The molecular weight excluding hydrogens is 154 g/mol. The van der Waals surface area contributed by atoms with Gasteiger partial charge >= 0.3 is 0 Å². The van der Waals surface area contributed by atoms with Crippen LogP contribution < -0.4 is 5.32 Å². The van der Waals surface area contributed by atoms with E-state index in [4.69, 9.17) is 0 Å². The summed E-state index contributed by atoms with van der Waals surface area (Å²) < 4.78 is 0. The summed E-state index contributed by atoms with van der Waals surface area (Å²) in [5, 5.41) is 4.30. The molecule has 11 heavy (non-hydrogen) atoms. The van der Waals surface area contributed by atoms with E-state index in [0.717, 1.165) is 11.8 Å². The molecule has 1 aliphatic heterocycles. The molecule has 0 amide bonds. The maximum absolute atomic E-state index is 3.60. The van der Waals surface area contributed by atoms with Crippen molar-refractivity contribution in [3.05, 3.63) is 0 Å². The zero-order valence-electron chi connectivity index (χ0n) is 7.92. The van der Waals surface area contributed by atoms with Crippen LogP contribution in [0.5, 0.6) is 0 Å². The van der Waals surface area contributed by atoms with Gasteiger partial charge in [-0.1, -0.05) is 20.8 Å². The van der Waals surface area contributed by atoms with Crippen molar-refractivity contribution in [3.8, 4) is 0 Å². The van der Waals surface area contributed by atoms with Gasteiger partial charge in [-0.2, -0.15) is 0 Å². The average molecular weight is 173 g/mol. The number of hydrogen-bond donors (Lipinski definition) is 1. The van der Waals surface area contributed by atoms with Crippen molar-refractivity contribution in [1.29, 1.82) is 0 Å². The normalized spacial score (nSPS) is 34.6. The lowest BCUT2D eigenvalue weighted by atomic mass is 9.98. The molecule has 1 heterocycles. The zero-order valence-corrected chi connectivity index (χ0v) is 8.74. The summed E-state index contributed by atoms with van der Waals surface area (Å²) in [4.78, 5) is 0. The Morgan fingerprint density at radius 3 is 2.36 bits per heavy atom. The summed E-state index contributed by atoms with van der Waals surface area (Å²) in [6.07, 6.45) is 0. The molecule has 1 N–H and O–H groups in total. The molecule has 66 valence electrons. The van der Waals surface area contributed by atoms with Crippen LogP contribution in [0.15, 0.2) is 0 Å². The Hall–Kier alpha value is 0.310. The Morgan fingerprint density at radius 1 is 1.36 bits per heavy atom. The Bertz CT molecular complexity index is 125. The standard InChI is InChI=1S/C9H19NS/c1-6(2)8(4)9-10-7(3)5-11-9/h6-10H,5H2,1-4H3. The van der Waals surface area contributed by atoms with Gasteiger partial charge in [0.2, 0.25) is 0 Å². The highest BCUT2D eigenvalue weighted by molar-refractivity contribution is 8.00. The van der Waals surface area contributed by atoms with Gasteiger partial charge < -0.3 is 5.32 Å². The molecule has 0 bridgehead atoms. The third kappa shape index (κ3) is 2.38. The molecule has 0 radical (unpaired) electrons. The second kappa shape index (κ2) is 3.81. The molecule has 0 aromatic heterocycles. The first-order valence-electron chi connectivity index (χ1n) is 4.49. The third-order valence-corrected chi connectivity index (χ3v) is 4.12. The van der Waals surface area contributed by atoms with E-state index in [9.17, 15) is 0 Å². The van der Waals surface area contributed by atoms with E-state index < -0.39 is 0 Å². The highest BCUT2D eigenvalue weighted by atomic mass is 32.2. The summed E-state index contributed by atoms with van der Waals surface area (Å²) in [6, 6.07) is 0.714. The number of rotatable bonds is 2. The maximum atomic E-state index is 3.60. The first-order chi connectivity index (χ1) is 5.11. The highest BCUT2D eigenvalue weighted by Crippen LogP contribution is 2.28. The Kier molecular flexibility index (Phi) is 3.26. The van der Waals surface area contributed by atoms with Gasteiger partial charge in [0.05, 0.1) is 5.37 Å². The molecule has 0 aromatic rings. The summed E-state index contributed by atoms with van der Waals surface area (Å²) in [5.41, 5.74) is 0. The Labute approximate surface area is 74.3 Å². The smallest absolute Gasteiger partial charge is 0.0563 e. The number of nitrogens with one attached hydrogen (secondary N) is 1. The van der Waals surface area contributed by atoms with Gasteiger partial charge in [-0.05, 0) is 18.8 Å². The van der Waals surface area contributed by atoms with E-state index in [1.165, 1.54) is 5.75 Å². The van der Waals surface area contributed by atoms with Gasteiger partial charge in [0, 0.05) is 11.8 Å². The summed E-state index contributed by atoms with van der Waals surface area (Å²) in [7, 11) is 0. The molecule has 1 aliphatic rings. The first kappa shape index (κ1) is 9.40. The predicted octanol–water partition coefficient (Wildman–Crippen LogP) is 2.33. The molecule has 1 fully saturated rings. The van der Waals surface area contributed by atoms with Gasteiger partial charge in [-0.15, -0.1) is 11.8 Å². The lowest BCUT2D eigenvalue weighted by Gasteiger charge is -2.22. The average Bonchev–Trinajstić information content (AvgIpc) is 2.34. The third-order valence-electron chi connectivity index (χ3n) is 2.50. The molecule has 0 aromatic carbocycles. The molecule has 1 rings (SSSR count). The van der Waals surface area contributed by atoms with E-state index >= 15 is 0 Å². The Morgan fingerprint density at radius 2 is 2.00 bits per heavy atom. The summed E-state index contributed by atoms with van der Waals surface area (Å²) in [5.74, 6) is 2.87. The second-order valence-corrected chi connectivity index (χ2v) is 5.10. The van der Waals surface area contributed by atoms with Crippen molar-refractivity contribution >= 4 is 11.8 Å². The van der Waals surface area contributed by atoms with Crippen LogP contribution >= 0.6 is 11.8 Å². The molecule has 0 aliphatic carbocycles. The molecule has 2 heteroatoms. The lowest BCUT2D eigenvalue weighted by Crippen LogP contribution is -2.33. The molecule has 3 atom stereocenters. The van der Waals surface area contributed by atoms with Crippen LogP contribution in [0.4, 0.5) is 0 Å². The molecular formula is C9H19NS. The van der Waals surface area contributed by atoms with Gasteiger partial charge in [-0.25, -0.2) is 0 Å². The SMILES string of the molecule is CC1CSC(C(C)C(C)C)N1. The topological polar surface area (TPSA) is 12.0 Å². The van der Waals surface area contributed by atoms with E-state index in [0.29, 0.717) is 11.4 Å². The van der Waals surface area contributed by atoms with Crippen LogP contribution in [0.2, 0.25) is 0 Å². The van der Waals surface area contributed by atoms with Crippen molar-refractivity contribution < 1.29 is 0 Å². The molecule has 1 nitrogen and oxygen atoms in total. The van der Waals surface area contributed by atoms with Crippen molar-refractivity contribution in [2.24, 2.45) is 11.8 Å². The minimum atomic E-state index is 0.699. The van der Waals surface area contributed by atoms with Crippen LogP contribution in [0.1, 0.15) is 27.7 Å². The van der Waals surface area contributed by atoms with Crippen molar-refractivity contribution in [2.75, 3.05) is 5.75 Å². The predicted molar refractivity (Wildman–Crippen MR) is 52.8 cm³/mol. The van der Waals surface area contributed by atoms with E-state index in [1.54, 1.807) is 0 Å². The number of hydrogen-bond acceptors (Lipinski definition) is 2. The van der Waals surface area contributed by atoms with Crippen LogP contribution in [0.3, 0.4) is 0 Å². The largest absolute Gasteiger partial charge is 0.302 e. The lowest BCUT2D eigenvalue weighted by molar-refractivity contribution is 0.367. The van der Waals surface area contributed by atoms with E-state index in [1.807, 2.05) is 0 Å². The second-order valence-electron chi connectivity index (χ2n) is 3.92. The monoisotopic (exact) mass is 173 g/mol. The van der Waals surface area contributed by atoms with Crippen LogP contribution in [-0.2, 0) is 0 Å². The van der Waals surface area contributed by atoms with E-state index in [-0.39, 0.29) is 0 Å². The summed E-state index contributed by atoms with van der Waals surface area (Å²) in [6.45, 7) is 9.21. The van der Waals surface area contributed by atoms with Gasteiger partial charge in [0.15, 0.2) is 0 Å². The van der Waals surface area contributed by atoms with Crippen LogP contribution in [0, 0.1) is 11.8 Å². The van der Waals surface area contributed by atoms with Crippen molar-refractivity contribution in [1.82, 2.24) is 5.32 Å². The maximum Gasteiger partial charge on any atom is 0.0563 e.